The fourth-order valence-corrected chi connectivity index (χ4v) is 5.25. The number of amidine groups is 1. The zero-order valence-corrected chi connectivity index (χ0v) is 14.3. The summed E-state index contributed by atoms with van der Waals surface area (Å²) < 4.78 is 22.6. The molecule has 1 N–H and O–H groups in total. The minimum absolute atomic E-state index is 0.169. The molecule has 8 heteroatoms. The van der Waals surface area contributed by atoms with E-state index in [-0.39, 0.29) is 4.75 Å². The normalized spacial score (nSPS) is 21.1. The Balaban J connectivity index is 2.56. The molecule has 0 aromatic rings. The lowest BCUT2D eigenvalue weighted by atomic mass is 10.1. The molecule has 0 aliphatic carbocycles. The first kappa shape index (κ1) is 17.1. The van der Waals surface area contributed by atoms with Crippen LogP contribution < -0.4 is 5.48 Å². The SMILES string of the molecule is C=C1N=C(NOP(=O)(OCC)SCCC)SC1(C)C. The Morgan fingerprint density at radius 3 is 2.68 bits per heavy atom. The van der Waals surface area contributed by atoms with E-state index in [0.29, 0.717) is 11.8 Å². The Hall–Kier alpha value is 0.0600. The molecule has 0 saturated carbocycles. The van der Waals surface area contributed by atoms with Crippen molar-refractivity contribution < 1.29 is 13.7 Å². The van der Waals surface area contributed by atoms with Gasteiger partial charge in [0, 0.05) is 5.75 Å². The number of nitrogens with zero attached hydrogens (tertiary/aromatic N) is 1. The Kier molecular flexibility index (Phi) is 6.47. The summed E-state index contributed by atoms with van der Waals surface area (Å²) in [4.78, 5) is 4.25. The van der Waals surface area contributed by atoms with Crippen molar-refractivity contribution in [2.24, 2.45) is 4.99 Å². The Morgan fingerprint density at radius 1 is 1.53 bits per heavy atom. The second-order valence-electron chi connectivity index (χ2n) is 4.37. The first-order chi connectivity index (χ1) is 8.83. The van der Waals surface area contributed by atoms with E-state index in [0.717, 1.165) is 17.9 Å². The molecule has 0 fully saturated rings. The zero-order chi connectivity index (χ0) is 14.5. The molecule has 0 saturated heterocycles. The first-order valence-electron chi connectivity index (χ1n) is 6.13. The van der Waals surface area contributed by atoms with Crippen LogP contribution in [-0.4, -0.2) is 22.3 Å². The van der Waals surface area contributed by atoms with E-state index in [1.54, 1.807) is 6.92 Å². The summed E-state index contributed by atoms with van der Waals surface area (Å²) in [5.41, 5.74) is 3.41. The number of hydroxylamine groups is 1. The highest BCUT2D eigenvalue weighted by Crippen LogP contribution is 2.60. The molecule has 0 aromatic heterocycles. The Labute approximate surface area is 123 Å². The average Bonchev–Trinajstić information content (AvgIpc) is 2.59. The quantitative estimate of drug-likeness (QED) is 0.560. The van der Waals surface area contributed by atoms with Gasteiger partial charge in [-0.05, 0) is 38.6 Å². The van der Waals surface area contributed by atoms with Gasteiger partial charge in [-0.3, -0.25) is 4.52 Å². The van der Waals surface area contributed by atoms with Crippen molar-refractivity contribution in [1.82, 2.24) is 5.48 Å². The molecular weight excluding hydrogens is 303 g/mol. The summed E-state index contributed by atoms with van der Waals surface area (Å²) in [5.74, 6) is 0.719. The molecule has 0 spiro atoms. The second-order valence-corrected chi connectivity index (χ2v) is 10.1. The van der Waals surface area contributed by atoms with Gasteiger partial charge in [0.15, 0.2) is 5.17 Å². The van der Waals surface area contributed by atoms with E-state index in [4.69, 9.17) is 9.15 Å². The lowest BCUT2D eigenvalue weighted by Crippen LogP contribution is -2.21. The smallest absolute Gasteiger partial charge is 0.300 e. The molecule has 0 radical (unpaired) electrons. The summed E-state index contributed by atoms with van der Waals surface area (Å²) in [6.07, 6.45) is 0.907. The third kappa shape index (κ3) is 5.16. The molecule has 110 valence electrons. The molecule has 1 heterocycles. The molecule has 19 heavy (non-hydrogen) atoms. The van der Waals surface area contributed by atoms with Gasteiger partial charge >= 0.3 is 6.80 Å². The molecule has 0 aromatic carbocycles. The van der Waals surface area contributed by atoms with Crippen LogP contribution in [0.1, 0.15) is 34.1 Å². The standard InChI is InChI=1S/C11H21N2O3PS2/c1-6-8-18-17(14,15-7-2)16-13-10-12-9(3)11(4,5)19-10/h3,6-8H2,1-2,4-5H3,(H,12,13). The Morgan fingerprint density at radius 2 is 2.21 bits per heavy atom. The molecule has 1 rings (SSSR count). The molecular formula is C11H21N2O3PS2. The summed E-state index contributed by atoms with van der Waals surface area (Å²) in [6, 6.07) is 0. The first-order valence-corrected chi connectivity index (χ1v) is 10.1. The van der Waals surface area contributed by atoms with Gasteiger partial charge in [0.25, 0.3) is 0 Å². The number of nitrogens with one attached hydrogen (secondary N) is 1. The van der Waals surface area contributed by atoms with Gasteiger partial charge in [-0.2, -0.15) is 4.62 Å². The van der Waals surface area contributed by atoms with Crippen LogP contribution in [-0.2, 0) is 13.7 Å². The van der Waals surface area contributed by atoms with Crippen LogP contribution in [0.5, 0.6) is 0 Å². The number of rotatable bonds is 7. The van der Waals surface area contributed by atoms with Gasteiger partial charge < -0.3 is 0 Å². The summed E-state index contributed by atoms with van der Waals surface area (Å²) >= 11 is 2.68. The largest absolute Gasteiger partial charge is 0.410 e. The average molecular weight is 324 g/mol. The maximum Gasteiger partial charge on any atom is 0.410 e. The molecule has 0 amide bonds. The molecule has 5 nitrogen and oxygen atoms in total. The molecule has 0 bridgehead atoms. The maximum absolute atomic E-state index is 12.3. The molecule has 1 unspecified atom stereocenters. The van der Waals surface area contributed by atoms with Gasteiger partial charge in [0.2, 0.25) is 0 Å². The molecule has 1 aliphatic rings. The Bertz CT molecular complexity index is 413. The number of aliphatic imine (C=N–C) groups is 1. The van der Waals surface area contributed by atoms with Crippen LogP contribution in [0.3, 0.4) is 0 Å². The topological polar surface area (TPSA) is 59.9 Å². The fraction of sp³-hybridized carbons (Fsp3) is 0.727. The van der Waals surface area contributed by atoms with Crippen molar-refractivity contribution in [3.63, 3.8) is 0 Å². The highest BCUT2D eigenvalue weighted by molar-refractivity contribution is 8.55. The van der Waals surface area contributed by atoms with E-state index in [9.17, 15) is 4.57 Å². The predicted molar refractivity (Wildman–Crippen MR) is 84.4 cm³/mol. The van der Waals surface area contributed by atoms with Crippen molar-refractivity contribution in [2.75, 3.05) is 12.4 Å². The minimum Gasteiger partial charge on any atom is -0.300 e. The molecule has 1 aliphatic heterocycles. The predicted octanol–water partition coefficient (Wildman–Crippen LogP) is 4.19. The lowest BCUT2D eigenvalue weighted by molar-refractivity contribution is 0.198. The summed E-state index contributed by atoms with van der Waals surface area (Å²) in [5, 5.41) is 0.562. The van der Waals surface area contributed by atoms with E-state index in [2.05, 4.69) is 17.1 Å². The third-order valence-electron chi connectivity index (χ3n) is 2.27. The van der Waals surface area contributed by atoms with Gasteiger partial charge in [-0.25, -0.2) is 15.0 Å². The summed E-state index contributed by atoms with van der Waals surface area (Å²) in [6.45, 7) is 8.89. The van der Waals surface area contributed by atoms with E-state index in [1.165, 1.54) is 23.1 Å². The van der Waals surface area contributed by atoms with Crippen LogP contribution in [0.4, 0.5) is 0 Å². The zero-order valence-electron chi connectivity index (χ0n) is 11.8. The van der Waals surface area contributed by atoms with Gasteiger partial charge in [-0.1, -0.05) is 25.3 Å². The minimum atomic E-state index is -3.17. The summed E-state index contributed by atoms with van der Waals surface area (Å²) in [7, 11) is 0. The van der Waals surface area contributed by atoms with Crippen LogP contribution in [0, 0.1) is 0 Å². The highest BCUT2D eigenvalue weighted by Gasteiger charge is 2.33. The van der Waals surface area contributed by atoms with Gasteiger partial charge in [-0.15, -0.1) is 0 Å². The van der Waals surface area contributed by atoms with Gasteiger partial charge in [0.1, 0.15) is 0 Å². The fourth-order valence-electron chi connectivity index (χ4n) is 1.17. The van der Waals surface area contributed by atoms with Crippen LogP contribution in [0.2, 0.25) is 0 Å². The monoisotopic (exact) mass is 324 g/mol. The van der Waals surface area contributed by atoms with Crippen molar-refractivity contribution in [3.05, 3.63) is 12.3 Å². The van der Waals surface area contributed by atoms with E-state index in [1.807, 2.05) is 20.8 Å². The number of hydrogen-bond donors (Lipinski definition) is 1. The number of thioether (sulfide) groups is 1. The van der Waals surface area contributed by atoms with E-state index < -0.39 is 6.80 Å². The van der Waals surface area contributed by atoms with E-state index >= 15 is 0 Å². The van der Waals surface area contributed by atoms with Crippen molar-refractivity contribution in [2.45, 2.75) is 38.9 Å². The van der Waals surface area contributed by atoms with Crippen molar-refractivity contribution in [1.29, 1.82) is 0 Å². The van der Waals surface area contributed by atoms with Crippen LogP contribution in [0.25, 0.3) is 0 Å². The third-order valence-corrected chi connectivity index (χ3v) is 7.22. The number of hydrogen-bond acceptors (Lipinski definition) is 7. The van der Waals surface area contributed by atoms with Gasteiger partial charge in [0.05, 0.1) is 17.1 Å². The lowest BCUT2D eigenvalue weighted by Gasteiger charge is -2.18. The van der Waals surface area contributed by atoms with Crippen LogP contribution >= 0.6 is 29.9 Å². The van der Waals surface area contributed by atoms with Crippen molar-refractivity contribution >= 4 is 35.1 Å². The van der Waals surface area contributed by atoms with Crippen molar-refractivity contribution in [3.8, 4) is 0 Å². The molecule has 1 atom stereocenters. The van der Waals surface area contributed by atoms with Crippen LogP contribution in [0.15, 0.2) is 17.3 Å². The second kappa shape index (κ2) is 7.18. The maximum atomic E-state index is 12.3. The highest BCUT2D eigenvalue weighted by atomic mass is 32.7.